The lowest BCUT2D eigenvalue weighted by molar-refractivity contribution is 0.636. The fraction of sp³-hybridized carbons (Fsp3) is 0.111. The van der Waals surface area contributed by atoms with Crippen molar-refractivity contribution in [2.75, 3.05) is 0 Å². The van der Waals surface area contributed by atoms with Gasteiger partial charge < -0.3 is 4.98 Å². The first-order chi connectivity index (χ1) is 6.20. The van der Waals surface area contributed by atoms with Gasteiger partial charge in [0.05, 0.1) is 17.1 Å². The summed E-state index contributed by atoms with van der Waals surface area (Å²) < 4.78 is 13.2. The molecule has 3 nitrogen and oxygen atoms in total. The Morgan fingerprint density at radius 1 is 1.54 bits per heavy atom. The molecule has 0 saturated carbocycles. The molecule has 1 aromatic heterocycles. The maximum absolute atomic E-state index is 13.2. The van der Waals surface area contributed by atoms with Gasteiger partial charge >= 0.3 is 0 Å². The minimum atomic E-state index is -0.460. The Bertz CT molecular complexity index is 507. The smallest absolute Gasteiger partial charge is 0.152 e. The monoisotopic (exact) mass is 175 g/mol. The van der Waals surface area contributed by atoms with Crippen LogP contribution in [-0.4, -0.2) is 9.97 Å². The molecule has 2 rings (SSSR count). The van der Waals surface area contributed by atoms with Crippen LogP contribution in [0, 0.1) is 24.1 Å². The van der Waals surface area contributed by atoms with Crippen LogP contribution in [0.4, 0.5) is 4.39 Å². The van der Waals surface area contributed by atoms with Crippen molar-refractivity contribution in [2.45, 2.75) is 6.92 Å². The first-order valence-corrected chi connectivity index (χ1v) is 3.76. The molecule has 0 atom stereocenters. The Hall–Kier alpha value is -1.89. The molecule has 0 unspecified atom stereocenters. The van der Waals surface area contributed by atoms with Crippen molar-refractivity contribution >= 4 is 11.0 Å². The summed E-state index contributed by atoms with van der Waals surface area (Å²) in [5, 5.41) is 8.58. The standard InChI is InChI=1S/C9H6FN3/c1-5-12-8-3-6(4-11)2-7(10)9(8)13-5/h2-3H,1H3,(H,12,13). The predicted molar refractivity (Wildman–Crippen MR) is 45.5 cm³/mol. The van der Waals surface area contributed by atoms with E-state index in [-0.39, 0.29) is 5.52 Å². The molecule has 0 fully saturated rings. The first-order valence-electron chi connectivity index (χ1n) is 3.76. The summed E-state index contributed by atoms with van der Waals surface area (Å²) in [7, 11) is 0. The third-order valence-electron chi connectivity index (χ3n) is 1.79. The van der Waals surface area contributed by atoms with Crippen molar-refractivity contribution in [1.29, 1.82) is 5.26 Å². The summed E-state index contributed by atoms with van der Waals surface area (Å²) in [5.41, 5.74) is 1.15. The van der Waals surface area contributed by atoms with Crippen LogP contribution in [-0.2, 0) is 0 Å². The molecule has 0 amide bonds. The van der Waals surface area contributed by atoms with Gasteiger partial charge in [-0.3, -0.25) is 0 Å². The molecule has 1 aromatic carbocycles. The summed E-state index contributed by atoms with van der Waals surface area (Å²) in [5.74, 6) is 0.183. The van der Waals surface area contributed by atoms with Gasteiger partial charge in [-0.1, -0.05) is 0 Å². The van der Waals surface area contributed by atoms with E-state index in [4.69, 9.17) is 5.26 Å². The molecule has 1 N–H and O–H groups in total. The van der Waals surface area contributed by atoms with Crippen molar-refractivity contribution in [3.05, 3.63) is 29.3 Å². The number of fused-ring (bicyclic) bond motifs is 1. The number of nitrogens with zero attached hydrogens (tertiary/aromatic N) is 2. The van der Waals surface area contributed by atoms with E-state index in [0.29, 0.717) is 16.9 Å². The molecule has 13 heavy (non-hydrogen) atoms. The third-order valence-corrected chi connectivity index (χ3v) is 1.79. The largest absolute Gasteiger partial charge is 0.342 e. The molecular formula is C9H6FN3. The number of aromatic nitrogens is 2. The molecule has 0 spiro atoms. The van der Waals surface area contributed by atoms with Gasteiger partial charge in [0.15, 0.2) is 5.82 Å². The highest BCUT2D eigenvalue weighted by Gasteiger charge is 2.06. The minimum Gasteiger partial charge on any atom is -0.342 e. The van der Waals surface area contributed by atoms with Gasteiger partial charge in [-0.2, -0.15) is 5.26 Å². The van der Waals surface area contributed by atoms with Gasteiger partial charge in [0.2, 0.25) is 0 Å². The number of nitrogens with one attached hydrogen (secondary N) is 1. The summed E-state index contributed by atoms with van der Waals surface area (Å²) in [4.78, 5) is 6.82. The average molecular weight is 175 g/mol. The zero-order chi connectivity index (χ0) is 9.42. The number of hydrogen-bond acceptors (Lipinski definition) is 2. The van der Waals surface area contributed by atoms with Gasteiger partial charge in [-0.15, -0.1) is 0 Å². The van der Waals surface area contributed by atoms with Crippen LogP contribution in [0.5, 0.6) is 0 Å². The molecule has 2 aromatic rings. The van der Waals surface area contributed by atoms with Crippen LogP contribution in [0.25, 0.3) is 11.0 Å². The van der Waals surface area contributed by atoms with Crippen LogP contribution >= 0.6 is 0 Å². The highest BCUT2D eigenvalue weighted by atomic mass is 19.1. The Kier molecular flexibility index (Phi) is 1.52. The Morgan fingerprint density at radius 3 is 3.00 bits per heavy atom. The number of benzene rings is 1. The molecule has 0 saturated heterocycles. The summed E-state index contributed by atoms with van der Waals surface area (Å²) in [6.07, 6.45) is 0. The SMILES string of the molecule is Cc1nc2c(F)cc(C#N)cc2[nH]1. The van der Waals surface area contributed by atoms with Gasteiger partial charge in [-0.25, -0.2) is 9.37 Å². The van der Waals surface area contributed by atoms with Crippen molar-refractivity contribution < 1.29 is 4.39 Å². The van der Waals surface area contributed by atoms with Gasteiger partial charge in [0, 0.05) is 0 Å². The summed E-state index contributed by atoms with van der Waals surface area (Å²) >= 11 is 0. The van der Waals surface area contributed by atoms with Crippen LogP contribution in [0.1, 0.15) is 11.4 Å². The van der Waals surface area contributed by atoms with Crippen LogP contribution in [0.3, 0.4) is 0 Å². The Balaban J connectivity index is 2.85. The molecule has 1 heterocycles. The highest BCUT2D eigenvalue weighted by molar-refractivity contribution is 5.77. The van der Waals surface area contributed by atoms with Crippen LogP contribution < -0.4 is 0 Å². The van der Waals surface area contributed by atoms with Crippen molar-refractivity contribution in [2.24, 2.45) is 0 Å². The zero-order valence-electron chi connectivity index (χ0n) is 6.93. The summed E-state index contributed by atoms with van der Waals surface area (Å²) in [6.45, 7) is 1.74. The number of nitriles is 1. The normalized spacial score (nSPS) is 10.2. The maximum Gasteiger partial charge on any atom is 0.152 e. The Morgan fingerprint density at radius 2 is 2.31 bits per heavy atom. The first kappa shape index (κ1) is 7.74. The fourth-order valence-corrected chi connectivity index (χ4v) is 1.26. The van der Waals surface area contributed by atoms with E-state index in [2.05, 4.69) is 9.97 Å². The van der Waals surface area contributed by atoms with Gasteiger partial charge in [0.25, 0.3) is 0 Å². The molecule has 64 valence electrons. The van der Waals surface area contributed by atoms with E-state index >= 15 is 0 Å². The van der Waals surface area contributed by atoms with E-state index in [9.17, 15) is 4.39 Å². The van der Waals surface area contributed by atoms with E-state index in [1.165, 1.54) is 6.07 Å². The second-order valence-electron chi connectivity index (χ2n) is 2.79. The number of rotatable bonds is 0. The van der Waals surface area contributed by atoms with Crippen molar-refractivity contribution in [3.63, 3.8) is 0 Å². The summed E-state index contributed by atoms with van der Waals surface area (Å²) in [6, 6.07) is 4.65. The van der Waals surface area contributed by atoms with E-state index in [1.807, 2.05) is 6.07 Å². The number of imidazole rings is 1. The quantitative estimate of drug-likeness (QED) is 0.664. The number of halogens is 1. The lowest BCUT2D eigenvalue weighted by Crippen LogP contribution is -1.81. The van der Waals surface area contributed by atoms with Crippen LogP contribution in [0.2, 0.25) is 0 Å². The average Bonchev–Trinajstić information content (AvgIpc) is 2.46. The maximum atomic E-state index is 13.2. The van der Waals surface area contributed by atoms with Crippen LogP contribution in [0.15, 0.2) is 12.1 Å². The second-order valence-corrected chi connectivity index (χ2v) is 2.79. The molecule has 0 aliphatic carbocycles. The topological polar surface area (TPSA) is 52.5 Å². The lowest BCUT2D eigenvalue weighted by Gasteiger charge is -1.91. The van der Waals surface area contributed by atoms with E-state index in [1.54, 1.807) is 13.0 Å². The Labute approximate surface area is 73.8 Å². The van der Waals surface area contributed by atoms with E-state index in [0.717, 1.165) is 0 Å². The van der Waals surface area contributed by atoms with Gasteiger partial charge in [-0.05, 0) is 19.1 Å². The third kappa shape index (κ3) is 1.14. The molecule has 0 aliphatic heterocycles. The van der Waals surface area contributed by atoms with Crippen molar-refractivity contribution in [3.8, 4) is 6.07 Å². The number of H-pyrrole nitrogens is 1. The van der Waals surface area contributed by atoms with E-state index < -0.39 is 5.82 Å². The number of aromatic amines is 1. The lowest BCUT2D eigenvalue weighted by atomic mass is 10.2. The zero-order valence-corrected chi connectivity index (χ0v) is 6.93. The van der Waals surface area contributed by atoms with Crippen molar-refractivity contribution in [1.82, 2.24) is 9.97 Å². The molecule has 0 bridgehead atoms. The number of aryl methyl sites for hydroxylation is 1. The number of hydrogen-bond donors (Lipinski definition) is 1. The fourth-order valence-electron chi connectivity index (χ4n) is 1.26. The van der Waals surface area contributed by atoms with Gasteiger partial charge in [0.1, 0.15) is 11.3 Å². The predicted octanol–water partition coefficient (Wildman–Crippen LogP) is 1.88. The highest BCUT2D eigenvalue weighted by Crippen LogP contribution is 2.17. The molecule has 0 radical (unpaired) electrons. The molecule has 4 heteroatoms. The second kappa shape index (κ2) is 2.56. The minimum absolute atomic E-state index is 0.288. The molecular weight excluding hydrogens is 169 g/mol. The molecule has 0 aliphatic rings.